The Bertz CT molecular complexity index is 559. The number of alkyl halides is 3. The van der Waals surface area contributed by atoms with Crippen LogP contribution in [-0.2, 0) is 9.59 Å². The van der Waals surface area contributed by atoms with Gasteiger partial charge in [0.25, 0.3) is 0 Å². The van der Waals surface area contributed by atoms with Gasteiger partial charge in [0.15, 0.2) is 11.6 Å². The Labute approximate surface area is 123 Å². The van der Waals surface area contributed by atoms with Crippen LogP contribution in [-0.4, -0.2) is 36.8 Å². The minimum absolute atomic E-state index is 0.186. The summed E-state index contributed by atoms with van der Waals surface area (Å²) in [4.78, 5) is 22.1. The van der Waals surface area contributed by atoms with Gasteiger partial charge in [0.1, 0.15) is 0 Å². The summed E-state index contributed by atoms with van der Waals surface area (Å²) in [5, 5.41) is 8.51. The Balaban J connectivity index is 3.06. The number of carboxylic acids is 1. The molecule has 0 aromatic heterocycles. The van der Waals surface area contributed by atoms with Crippen LogP contribution in [0.3, 0.4) is 0 Å². The van der Waals surface area contributed by atoms with Gasteiger partial charge in [-0.3, -0.25) is 9.59 Å². The molecule has 1 amide bonds. The molecule has 0 aliphatic rings. The highest BCUT2D eigenvalue weighted by atomic mass is 19.4. The molecule has 0 aliphatic heterocycles. The third kappa shape index (κ3) is 4.61. The molecule has 0 atom stereocenters. The average Bonchev–Trinajstić information content (AvgIpc) is 2.41. The second-order valence-electron chi connectivity index (χ2n) is 4.27. The van der Waals surface area contributed by atoms with Crippen LogP contribution in [0, 0.1) is 5.82 Å². The number of carboxylic acid groups (broad SMARTS) is 1. The quantitative estimate of drug-likeness (QED) is 0.817. The minimum atomic E-state index is -5.15. The van der Waals surface area contributed by atoms with Crippen LogP contribution in [0.15, 0.2) is 18.2 Å². The van der Waals surface area contributed by atoms with E-state index in [1.54, 1.807) is 0 Å². The highest BCUT2D eigenvalue weighted by molar-refractivity contribution is 5.97. The highest BCUT2D eigenvalue weighted by Crippen LogP contribution is 2.27. The number of ether oxygens (including phenoxy) is 1. The van der Waals surface area contributed by atoms with Gasteiger partial charge in [-0.05, 0) is 18.6 Å². The number of amides is 1. The van der Waals surface area contributed by atoms with Crippen molar-refractivity contribution in [1.82, 2.24) is 0 Å². The third-order valence-corrected chi connectivity index (χ3v) is 2.71. The summed E-state index contributed by atoms with van der Waals surface area (Å²) in [7, 11) is 1.18. The van der Waals surface area contributed by atoms with E-state index in [1.807, 2.05) is 0 Å². The van der Waals surface area contributed by atoms with E-state index in [0.717, 1.165) is 18.2 Å². The lowest BCUT2D eigenvalue weighted by Gasteiger charge is -2.24. The van der Waals surface area contributed by atoms with Gasteiger partial charge in [0.05, 0.1) is 7.11 Å². The van der Waals surface area contributed by atoms with Crippen molar-refractivity contribution in [2.24, 2.45) is 0 Å². The topological polar surface area (TPSA) is 66.8 Å². The Morgan fingerprint density at radius 2 is 1.95 bits per heavy atom. The number of hydrogen-bond acceptors (Lipinski definition) is 3. The molecule has 1 aromatic carbocycles. The zero-order valence-electron chi connectivity index (χ0n) is 11.5. The number of rotatable bonds is 6. The Morgan fingerprint density at radius 1 is 1.32 bits per heavy atom. The molecule has 0 unspecified atom stereocenters. The molecule has 0 saturated heterocycles. The molecule has 122 valence electrons. The smallest absolute Gasteiger partial charge is 0.471 e. The third-order valence-electron chi connectivity index (χ3n) is 2.71. The summed E-state index contributed by atoms with van der Waals surface area (Å²) in [5.74, 6) is -4.52. The lowest BCUT2D eigenvalue weighted by Crippen LogP contribution is -2.42. The minimum Gasteiger partial charge on any atom is -0.494 e. The van der Waals surface area contributed by atoms with Gasteiger partial charge < -0.3 is 14.7 Å². The molecule has 0 aliphatic carbocycles. The Hall–Kier alpha value is -2.32. The van der Waals surface area contributed by atoms with Crippen molar-refractivity contribution in [3.63, 3.8) is 0 Å². The van der Waals surface area contributed by atoms with E-state index in [4.69, 9.17) is 5.11 Å². The van der Waals surface area contributed by atoms with E-state index in [2.05, 4.69) is 4.74 Å². The van der Waals surface area contributed by atoms with Crippen LogP contribution in [0.5, 0.6) is 5.75 Å². The predicted octanol–water partition coefficient (Wildman–Crippen LogP) is 2.59. The first-order chi connectivity index (χ1) is 10.2. The molecule has 0 saturated carbocycles. The zero-order valence-corrected chi connectivity index (χ0v) is 11.5. The van der Waals surface area contributed by atoms with Crippen LogP contribution in [0.1, 0.15) is 12.8 Å². The molecule has 1 aromatic rings. The first-order valence-corrected chi connectivity index (χ1v) is 6.11. The number of halogens is 4. The van der Waals surface area contributed by atoms with E-state index in [0.29, 0.717) is 4.90 Å². The lowest BCUT2D eigenvalue weighted by atomic mass is 10.2. The van der Waals surface area contributed by atoms with E-state index < -0.39 is 36.8 Å². The molecule has 22 heavy (non-hydrogen) atoms. The van der Waals surface area contributed by atoms with E-state index in [9.17, 15) is 27.2 Å². The Kier molecular flexibility index (Phi) is 5.72. The SMILES string of the molecule is COc1ccc(N(CCCC(=O)O)C(=O)C(F)(F)F)cc1F. The normalized spacial score (nSPS) is 11.1. The molecule has 5 nitrogen and oxygen atoms in total. The Morgan fingerprint density at radius 3 is 2.41 bits per heavy atom. The molecule has 0 bridgehead atoms. The van der Waals surface area contributed by atoms with Crippen LogP contribution < -0.4 is 9.64 Å². The second kappa shape index (κ2) is 7.10. The molecule has 0 spiro atoms. The first kappa shape index (κ1) is 17.7. The fraction of sp³-hybridized carbons (Fsp3) is 0.385. The van der Waals surface area contributed by atoms with Crippen LogP contribution in [0.2, 0.25) is 0 Å². The van der Waals surface area contributed by atoms with Crippen molar-refractivity contribution in [1.29, 1.82) is 0 Å². The van der Waals surface area contributed by atoms with Crippen molar-refractivity contribution in [2.75, 3.05) is 18.6 Å². The van der Waals surface area contributed by atoms with Gasteiger partial charge >= 0.3 is 18.1 Å². The van der Waals surface area contributed by atoms with Crippen molar-refractivity contribution >= 4 is 17.6 Å². The monoisotopic (exact) mass is 323 g/mol. The number of hydrogen-bond donors (Lipinski definition) is 1. The molecule has 0 fully saturated rings. The summed E-state index contributed by atoms with van der Waals surface area (Å²) < 4.78 is 56.0. The van der Waals surface area contributed by atoms with Gasteiger partial charge in [0.2, 0.25) is 0 Å². The van der Waals surface area contributed by atoms with Crippen LogP contribution >= 0.6 is 0 Å². The lowest BCUT2D eigenvalue weighted by molar-refractivity contribution is -0.170. The summed E-state index contributed by atoms with van der Waals surface area (Å²) in [6, 6.07) is 2.90. The number of carbonyl (C=O) groups excluding carboxylic acids is 1. The summed E-state index contributed by atoms with van der Waals surface area (Å²) in [6.45, 7) is -0.504. The zero-order chi connectivity index (χ0) is 16.9. The number of carbonyl (C=O) groups is 2. The van der Waals surface area contributed by atoms with Crippen LogP contribution in [0.4, 0.5) is 23.2 Å². The fourth-order valence-electron chi connectivity index (χ4n) is 1.71. The maximum absolute atomic E-state index is 13.6. The summed E-state index contributed by atoms with van der Waals surface area (Å²) >= 11 is 0. The molecular weight excluding hydrogens is 310 g/mol. The summed E-state index contributed by atoms with van der Waals surface area (Å²) in [5.41, 5.74) is -0.328. The van der Waals surface area contributed by atoms with Crippen molar-refractivity contribution < 1.29 is 37.0 Å². The van der Waals surface area contributed by atoms with Gasteiger partial charge in [-0.1, -0.05) is 0 Å². The summed E-state index contributed by atoms with van der Waals surface area (Å²) in [6.07, 6.45) is -5.77. The first-order valence-electron chi connectivity index (χ1n) is 6.11. The van der Waals surface area contributed by atoms with E-state index >= 15 is 0 Å². The second-order valence-corrected chi connectivity index (χ2v) is 4.27. The molecule has 1 rings (SSSR count). The van der Waals surface area contributed by atoms with E-state index in [1.165, 1.54) is 7.11 Å². The van der Waals surface area contributed by atoms with Gasteiger partial charge in [-0.2, -0.15) is 13.2 Å². The fourth-order valence-corrected chi connectivity index (χ4v) is 1.71. The van der Waals surface area contributed by atoms with Crippen molar-refractivity contribution in [3.05, 3.63) is 24.0 Å². The number of methoxy groups -OCH3 is 1. The number of nitrogens with zero attached hydrogens (tertiary/aromatic N) is 1. The molecule has 0 heterocycles. The molecule has 1 N–H and O–H groups in total. The van der Waals surface area contributed by atoms with E-state index in [-0.39, 0.29) is 17.9 Å². The average molecular weight is 323 g/mol. The standard InChI is InChI=1S/C13H13F4NO4/c1-22-10-5-4-8(7-9(10)14)18(6-2-3-11(19)20)12(21)13(15,16)17/h4-5,7H,2-3,6H2,1H3,(H,19,20). The number of aliphatic carboxylic acids is 1. The van der Waals surface area contributed by atoms with Gasteiger partial charge in [0, 0.05) is 24.7 Å². The number of benzene rings is 1. The molecule has 9 heteroatoms. The number of anilines is 1. The highest BCUT2D eigenvalue weighted by Gasteiger charge is 2.43. The van der Waals surface area contributed by atoms with Crippen molar-refractivity contribution in [3.8, 4) is 5.75 Å². The molecule has 0 radical (unpaired) electrons. The van der Waals surface area contributed by atoms with Gasteiger partial charge in [-0.15, -0.1) is 0 Å². The maximum Gasteiger partial charge on any atom is 0.471 e. The van der Waals surface area contributed by atoms with Gasteiger partial charge in [-0.25, -0.2) is 4.39 Å². The predicted molar refractivity (Wildman–Crippen MR) is 68.2 cm³/mol. The largest absolute Gasteiger partial charge is 0.494 e. The maximum atomic E-state index is 13.6. The van der Waals surface area contributed by atoms with Crippen molar-refractivity contribution in [2.45, 2.75) is 19.0 Å². The molecular formula is C13H13F4NO4. The van der Waals surface area contributed by atoms with Crippen LogP contribution in [0.25, 0.3) is 0 Å².